The summed E-state index contributed by atoms with van der Waals surface area (Å²) in [5.41, 5.74) is 13.6. The monoisotopic (exact) mass is 900 g/mol. The van der Waals surface area contributed by atoms with Crippen LogP contribution in [0.15, 0.2) is 249 Å². The van der Waals surface area contributed by atoms with E-state index in [-0.39, 0.29) is 0 Å². The number of fused-ring (bicyclic) bond motifs is 6. The van der Waals surface area contributed by atoms with E-state index in [1.165, 1.54) is 130 Å². The lowest BCUT2D eigenvalue weighted by atomic mass is 9.84. The maximum atomic E-state index is 2.53. The molecular weight excluding hydrogens is 849 g/mol. The third-order valence-corrected chi connectivity index (χ3v) is 20.0. The Morgan fingerprint density at radius 3 is 1.33 bits per heavy atom. The van der Waals surface area contributed by atoms with E-state index >= 15 is 0 Å². The van der Waals surface area contributed by atoms with E-state index < -0.39 is 8.07 Å². The Labute approximate surface area is 405 Å². The Hall–Kier alpha value is -7.98. The van der Waals surface area contributed by atoms with Crippen molar-refractivity contribution in [3.63, 3.8) is 0 Å². The van der Waals surface area contributed by atoms with Crippen LogP contribution < -0.4 is 20.7 Å². The number of nitrogens with zero attached hydrogens (tertiary/aromatic N) is 2. The molecule has 2 aromatic heterocycles. The molecule has 13 rings (SSSR count). The topological polar surface area (TPSA) is 9.86 Å². The maximum Gasteiger partial charge on any atom is 0.179 e. The van der Waals surface area contributed by atoms with E-state index in [0.29, 0.717) is 5.92 Å². The number of hydrogen-bond acceptors (Lipinski definition) is 0. The van der Waals surface area contributed by atoms with Crippen molar-refractivity contribution in [3.8, 4) is 33.6 Å². The lowest BCUT2D eigenvalue weighted by molar-refractivity contribution is 0.444. The molecule has 1 aliphatic carbocycles. The van der Waals surface area contributed by atoms with Crippen LogP contribution >= 0.6 is 0 Å². The van der Waals surface area contributed by atoms with E-state index in [2.05, 4.69) is 258 Å². The second-order valence-electron chi connectivity index (χ2n) is 19.1. The molecule has 0 unspecified atom stereocenters. The average Bonchev–Trinajstić information content (AvgIpc) is 3.94. The fraction of sp³-hybridized carbons (Fsp3) is 0.0909. The molecule has 0 bridgehead atoms. The van der Waals surface area contributed by atoms with E-state index in [9.17, 15) is 0 Å². The summed E-state index contributed by atoms with van der Waals surface area (Å²) in [5.74, 6) is 0.625. The van der Waals surface area contributed by atoms with E-state index in [0.717, 1.165) is 5.69 Å². The Morgan fingerprint density at radius 2 is 0.754 bits per heavy atom. The summed E-state index contributed by atoms with van der Waals surface area (Å²) in [6.45, 7) is 0. The molecule has 2 heterocycles. The van der Waals surface area contributed by atoms with Crippen LogP contribution in [0, 0.1) is 0 Å². The fourth-order valence-corrected chi connectivity index (χ4v) is 16.9. The highest BCUT2D eigenvalue weighted by atomic mass is 28.3. The van der Waals surface area contributed by atoms with Crippen molar-refractivity contribution in [3.05, 3.63) is 254 Å². The summed E-state index contributed by atoms with van der Waals surface area (Å²) in [7, 11) is -3.06. The van der Waals surface area contributed by atoms with Crippen LogP contribution in [0.5, 0.6) is 0 Å². The molecule has 0 saturated heterocycles. The van der Waals surface area contributed by atoms with Crippen LogP contribution in [-0.2, 0) is 0 Å². The maximum absolute atomic E-state index is 3.06. The molecule has 1 fully saturated rings. The van der Waals surface area contributed by atoms with Crippen LogP contribution in [0.25, 0.3) is 77.2 Å². The standard InChI is InChI=1S/C66H52N2Si/c1-6-21-47(22-7-1)50-37-39-61-59-33-16-19-36-64(59)68(65(61)44-50)54-38-40-62-60-34-17-18-35-63(60)67(66(62)46-54)53-27-20-32-57(45-53)69(55-28-12-4-13-29-55,56-30-14-5-15-31-56)58-42-51(48-23-8-2-9-24-48)41-52(43-58)49-25-10-3-11-26-49/h2-5,8-20,23-47H,1,6-7,21-22H2. The van der Waals surface area contributed by atoms with Crippen molar-refractivity contribution in [1.82, 2.24) is 9.13 Å². The molecule has 2 nitrogen and oxygen atoms in total. The highest BCUT2D eigenvalue weighted by Gasteiger charge is 2.42. The molecular formula is C66H52N2Si. The lowest BCUT2D eigenvalue weighted by Crippen LogP contribution is -2.74. The van der Waals surface area contributed by atoms with Gasteiger partial charge in [0.15, 0.2) is 8.07 Å². The summed E-state index contributed by atoms with van der Waals surface area (Å²) in [6, 6.07) is 93.9. The molecule has 0 radical (unpaired) electrons. The quantitative estimate of drug-likeness (QED) is 0.101. The van der Waals surface area contributed by atoms with Gasteiger partial charge in [-0.1, -0.05) is 219 Å². The predicted molar refractivity (Wildman–Crippen MR) is 295 cm³/mol. The fourth-order valence-electron chi connectivity index (χ4n) is 12.0. The summed E-state index contributed by atoms with van der Waals surface area (Å²) in [5, 5.41) is 10.5. The highest BCUT2D eigenvalue weighted by Crippen LogP contribution is 2.40. The first-order valence-corrected chi connectivity index (χ1v) is 26.8. The number of benzene rings is 10. The van der Waals surface area contributed by atoms with Crippen molar-refractivity contribution >= 4 is 72.4 Å². The van der Waals surface area contributed by atoms with Gasteiger partial charge in [-0.3, -0.25) is 0 Å². The van der Waals surface area contributed by atoms with E-state index in [1.807, 2.05) is 0 Å². The van der Waals surface area contributed by atoms with Gasteiger partial charge >= 0.3 is 0 Å². The first kappa shape index (κ1) is 41.2. The normalized spacial score (nSPS) is 13.4. The first-order valence-electron chi connectivity index (χ1n) is 24.8. The molecule has 69 heavy (non-hydrogen) atoms. The molecule has 0 atom stereocenters. The minimum Gasteiger partial charge on any atom is -0.309 e. The van der Waals surface area contributed by atoms with Gasteiger partial charge in [-0.2, -0.15) is 0 Å². The second-order valence-corrected chi connectivity index (χ2v) is 22.9. The summed E-state index contributed by atoms with van der Waals surface area (Å²) < 4.78 is 5.06. The van der Waals surface area contributed by atoms with Gasteiger partial charge in [0.2, 0.25) is 0 Å². The molecule has 0 amide bonds. The van der Waals surface area contributed by atoms with Gasteiger partial charge in [0.1, 0.15) is 0 Å². The van der Waals surface area contributed by atoms with Crippen molar-refractivity contribution in [1.29, 1.82) is 0 Å². The number of rotatable bonds is 9. The van der Waals surface area contributed by atoms with Gasteiger partial charge in [0.05, 0.1) is 22.1 Å². The minimum atomic E-state index is -3.06. The molecule has 12 aromatic rings. The number of aromatic nitrogens is 2. The van der Waals surface area contributed by atoms with Gasteiger partial charge in [0.25, 0.3) is 0 Å². The van der Waals surface area contributed by atoms with Gasteiger partial charge in [0, 0.05) is 32.9 Å². The molecule has 3 heteroatoms. The van der Waals surface area contributed by atoms with Gasteiger partial charge in [-0.25, -0.2) is 0 Å². The predicted octanol–water partition coefficient (Wildman–Crippen LogP) is 14.6. The molecule has 1 aliphatic rings. The Balaban J connectivity index is 1.07. The number of hydrogen-bond donors (Lipinski definition) is 0. The van der Waals surface area contributed by atoms with Crippen molar-refractivity contribution in [2.75, 3.05) is 0 Å². The van der Waals surface area contributed by atoms with Gasteiger partial charge < -0.3 is 9.13 Å². The SMILES string of the molecule is c1ccc(-c2cc(-c3ccccc3)cc([Si](c3ccccc3)(c3ccccc3)c3cccc(-n4c5ccccc5c5ccc(-n6c7ccccc7c7ccc(C8CCCCC8)cc76)cc54)c3)c2)cc1. The highest BCUT2D eigenvalue weighted by molar-refractivity contribution is 7.20. The van der Waals surface area contributed by atoms with E-state index in [1.54, 1.807) is 0 Å². The smallest absolute Gasteiger partial charge is 0.179 e. The van der Waals surface area contributed by atoms with Crippen molar-refractivity contribution < 1.29 is 0 Å². The second kappa shape index (κ2) is 17.3. The van der Waals surface area contributed by atoms with Crippen LogP contribution in [0.4, 0.5) is 0 Å². The van der Waals surface area contributed by atoms with Crippen LogP contribution in [0.1, 0.15) is 43.6 Å². The largest absolute Gasteiger partial charge is 0.309 e. The van der Waals surface area contributed by atoms with Gasteiger partial charge in [-0.15, -0.1) is 0 Å². The molecule has 0 aliphatic heterocycles. The van der Waals surface area contributed by atoms with Crippen molar-refractivity contribution in [2.45, 2.75) is 38.0 Å². The van der Waals surface area contributed by atoms with Crippen molar-refractivity contribution in [2.24, 2.45) is 0 Å². The Bertz CT molecular complexity index is 3710. The lowest BCUT2D eigenvalue weighted by Gasteiger charge is -2.35. The third-order valence-electron chi connectivity index (χ3n) is 15.2. The number of para-hydroxylation sites is 2. The summed E-state index contributed by atoms with van der Waals surface area (Å²) in [6.07, 6.45) is 6.56. The van der Waals surface area contributed by atoms with Crippen LogP contribution in [0.3, 0.4) is 0 Å². The third kappa shape index (κ3) is 6.99. The Morgan fingerprint density at radius 1 is 0.290 bits per heavy atom. The van der Waals surface area contributed by atoms with E-state index in [4.69, 9.17) is 0 Å². The zero-order valence-electron chi connectivity index (χ0n) is 38.7. The molecule has 10 aromatic carbocycles. The molecule has 1 saturated carbocycles. The van der Waals surface area contributed by atoms with Gasteiger partial charge in [-0.05, 0) is 116 Å². The molecule has 0 spiro atoms. The average molecular weight is 901 g/mol. The zero-order valence-corrected chi connectivity index (χ0v) is 39.7. The zero-order chi connectivity index (χ0) is 45.7. The Kier molecular flexibility index (Phi) is 10.3. The first-order chi connectivity index (χ1) is 34.2. The molecule has 330 valence electrons. The summed E-state index contributed by atoms with van der Waals surface area (Å²) >= 11 is 0. The van der Waals surface area contributed by atoms with Crippen LogP contribution in [0.2, 0.25) is 0 Å². The van der Waals surface area contributed by atoms with Crippen LogP contribution in [-0.4, -0.2) is 17.2 Å². The minimum absolute atomic E-state index is 0.625. The summed E-state index contributed by atoms with van der Waals surface area (Å²) in [4.78, 5) is 0. The molecule has 0 N–H and O–H groups in total.